The maximum Gasteiger partial charge on any atom is 0.397 e. The van der Waals surface area contributed by atoms with Gasteiger partial charge in [0, 0.05) is 11.0 Å². The second kappa shape index (κ2) is 6.09. The molecule has 0 aromatic carbocycles. The van der Waals surface area contributed by atoms with Crippen LogP contribution in [0.1, 0.15) is 11.0 Å². The maximum absolute atomic E-state index is 11.3. The van der Waals surface area contributed by atoms with Gasteiger partial charge in [-0.2, -0.15) is 8.42 Å². The average Bonchev–Trinajstić information content (AvgIpc) is 2.34. The van der Waals surface area contributed by atoms with Crippen molar-refractivity contribution in [2.45, 2.75) is 37.5 Å². The van der Waals surface area contributed by atoms with Crippen molar-refractivity contribution in [2.24, 2.45) is 0 Å². The van der Waals surface area contributed by atoms with Gasteiger partial charge in [-0.15, -0.1) is 0 Å². The second-order valence-corrected chi connectivity index (χ2v) is 4.85. The lowest BCUT2D eigenvalue weighted by Crippen LogP contribution is -2.64. The summed E-state index contributed by atoms with van der Waals surface area (Å²) in [5.41, 5.74) is 0. The van der Waals surface area contributed by atoms with Crippen LogP contribution in [0.2, 0.25) is 0 Å². The van der Waals surface area contributed by atoms with E-state index >= 15 is 0 Å². The predicted octanol–water partition coefficient (Wildman–Crippen LogP) is -3.25. The molecule has 112 valence electrons. The van der Waals surface area contributed by atoms with Crippen LogP contribution < -0.4 is 5.32 Å². The molecule has 1 heterocycles. The molecule has 19 heavy (non-hydrogen) atoms. The number of hydrogen-bond donors (Lipinski definition) is 5. The van der Waals surface area contributed by atoms with Gasteiger partial charge in [0.15, 0.2) is 6.29 Å². The number of rotatable bonds is 4. The minimum absolute atomic E-state index is 0.923. The molecule has 5 unspecified atom stereocenters. The predicted molar refractivity (Wildman–Crippen MR) is 58.0 cm³/mol. The van der Waals surface area contributed by atoms with E-state index in [2.05, 4.69) is 4.18 Å². The molecule has 1 aliphatic heterocycles. The summed E-state index contributed by atoms with van der Waals surface area (Å²) in [6.45, 7) is -3.97. The van der Waals surface area contributed by atoms with Gasteiger partial charge in [-0.3, -0.25) is 9.35 Å². The molecule has 1 amide bonds. The summed E-state index contributed by atoms with van der Waals surface area (Å²) < 4.78 is 58.5. The number of amides is 1. The van der Waals surface area contributed by atoms with Crippen LogP contribution in [0, 0.1) is 0 Å². The molecular formula is C8H15NO9S. The van der Waals surface area contributed by atoms with Crippen molar-refractivity contribution in [1.82, 2.24) is 5.32 Å². The van der Waals surface area contributed by atoms with Crippen LogP contribution in [0.5, 0.6) is 0 Å². The average molecular weight is 304 g/mol. The smallest absolute Gasteiger partial charge is 0.388 e. The number of carbonyl (C=O) groups excluding carboxylic acids is 1. The summed E-state index contributed by atoms with van der Waals surface area (Å²) in [5, 5.41) is 30.9. The summed E-state index contributed by atoms with van der Waals surface area (Å²) in [6, 6.07) is -1.66. The fourth-order valence-electron chi connectivity index (χ4n) is 1.54. The topological polar surface area (TPSA) is 163 Å². The van der Waals surface area contributed by atoms with Crippen molar-refractivity contribution in [1.29, 1.82) is 0 Å². The van der Waals surface area contributed by atoms with Crippen molar-refractivity contribution in [3.8, 4) is 0 Å². The molecule has 1 rings (SSSR count). The van der Waals surface area contributed by atoms with Gasteiger partial charge in [0.05, 0.1) is 6.61 Å². The molecular weight excluding hydrogens is 286 g/mol. The Hall–Kier alpha value is -0.820. The first kappa shape index (κ1) is 12.0. The maximum atomic E-state index is 11.3. The zero-order valence-corrected chi connectivity index (χ0v) is 10.1. The van der Waals surface area contributed by atoms with Gasteiger partial charge < -0.3 is 25.4 Å². The van der Waals surface area contributed by atoms with Gasteiger partial charge in [0.2, 0.25) is 5.91 Å². The molecule has 0 saturated carbocycles. The Morgan fingerprint density at radius 1 is 1.42 bits per heavy atom. The summed E-state index contributed by atoms with van der Waals surface area (Å²) in [7, 11) is -4.83. The fourth-order valence-corrected chi connectivity index (χ4v) is 1.85. The van der Waals surface area contributed by atoms with Gasteiger partial charge in [-0.1, -0.05) is 0 Å². The van der Waals surface area contributed by atoms with Crippen molar-refractivity contribution < 1.29 is 46.1 Å². The quantitative estimate of drug-likeness (QED) is 0.336. The van der Waals surface area contributed by atoms with Crippen LogP contribution in [0.15, 0.2) is 0 Å². The van der Waals surface area contributed by atoms with Crippen LogP contribution in [0.25, 0.3) is 0 Å². The van der Waals surface area contributed by atoms with Crippen molar-refractivity contribution in [3.05, 3.63) is 0 Å². The van der Waals surface area contributed by atoms with E-state index in [1.165, 1.54) is 0 Å². The Morgan fingerprint density at radius 3 is 2.58 bits per heavy atom. The minimum atomic E-state index is -4.83. The molecule has 0 bridgehead atoms. The molecule has 5 N–H and O–H groups in total. The molecule has 1 fully saturated rings. The monoisotopic (exact) mass is 304 g/mol. The SMILES string of the molecule is [2H]C([2H])([2H])C(=O)NC1C(O)OC(COS(=O)(=O)O)C(O)C1O. The molecule has 0 spiro atoms. The molecule has 1 aliphatic rings. The summed E-state index contributed by atoms with van der Waals surface area (Å²) in [4.78, 5) is 11.3. The van der Waals surface area contributed by atoms with Crippen molar-refractivity contribution in [2.75, 3.05) is 6.61 Å². The van der Waals surface area contributed by atoms with Crippen molar-refractivity contribution >= 4 is 16.3 Å². The van der Waals surface area contributed by atoms with Crippen LogP contribution in [-0.2, 0) is 24.1 Å². The number of aliphatic hydroxyl groups excluding tert-OH is 3. The minimum Gasteiger partial charge on any atom is -0.388 e. The highest BCUT2D eigenvalue weighted by Crippen LogP contribution is 2.20. The van der Waals surface area contributed by atoms with Crippen LogP contribution >= 0.6 is 0 Å². The number of hydrogen-bond acceptors (Lipinski definition) is 8. The zero-order valence-electron chi connectivity index (χ0n) is 12.3. The molecule has 10 nitrogen and oxygen atoms in total. The highest BCUT2D eigenvalue weighted by molar-refractivity contribution is 7.80. The summed E-state index contributed by atoms with van der Waals surface area (Å²) in [6.07, 6.45) is -7.19. The Morgan fingerprint density at radius 2 is 2.05 bits per heavy atom. The molecule has 5 atom stereocenters. The number of aliphatic hydroxyl groups is 3. The standard InChI is InChI=1S/C8H15NO9S/c1-3(10)9-5-7(12)6(11)4(18-8(5)13)2-17-19(14,15)16/h4-8,11-13H,2H2,1H3,(H,9,10)(H,14,15,16)/i1D3. The van der Waals surface area contributed by atoms with Gasteiger partial charge >= 0.3 is 10.4 Å². The molecule has 0 aliphatic carbocycles. The van der Waals surface area contributed by atoms with E-state index in [9.17, 15) is 28.5 Å². The fraction of sp³-hybridized carbons (Fsp3) is 0.875. The molecule has 0 radical (unpaired) electrons. The summed E-state index contributed by atoms with van der Waals surface area (Å²) >= 11 is 0. The van der Waals surface area contributed by atoms with Crippen LogP contribution in [-0.4, -0.2) is 71.4 Å². The van der Waals surface area contributed by atoms with E-state index < -0.39 is 60.4 Å². The lowest BCUT2D eigenvalue weighted by atomic mass is 9.97. The Balaban J connectivity index is 2.74. The molecule has 0 aromatic rings. The normalized spacial score (nSPS) is 38.9. The third-order valence-corrected chi connectivity index (χ3v) is 2.83. The van der Waals surface area contributed by atoms with Crippen LogP contribution in [0.3, 0.4) is 0 Å². The van der Waals surface area contributed by atoms with Gasteiger partial charge in [0.1, 0.15) is 24.4 Å². The van der Waals surface area contributed by atoms with Gasteiger partial charge in [-0.05, 0) is 0 Å². The zero-order chi connectivity index (χ0) is 17.3. The van der Waals surface area contributed by atoms with E-state index in [0.29, 0.717) is 0 Å². The lowest BCUT2D eigenvalue weighted by molar-refractivity contribution is -0.252. The number of nitrogens with one attached hydrogen (secondary N) is 1. The highest BCUT2D eigenvalue weighted by Gasteiger charge is 2.44. The first-order chi connectivity index (χ1) is 9.83. The van der Waals surface area contributed by atoms with E-state index in [-0.39, 0.29) is 0 Å². The van der Waals surface area contributed by atoms with E-state index in [1.54, 1.807) is 5.32 Å². The first-order valence-corrected chi connectivity index (χ1v) is 6.32. The van der Waals surface area contributed by atoms with E-state index in [1.807, 2.05) is 0 Å². The van der Waals surface area contributed by atoms with E-state index in [0.717, 1.165) is 0 Å². The third kappa shape index (κ3) is 4.65. The van der Waals surface area contributed by atoms with Gasteiger partial charge in [0.25, 0.3) is 0 Å². The highest BCUT2D eigenvalue weighted by atomic mass is 32.3. The third-order valence-electron chi connectivity index (χ3n) is 2.40. The number of ether oxygens (including phenoxy) is 1. The van der Waals surface area contributed by atoms with E-state index in [4.69, 9.17) is 13.4 Å². The number of carbonyl (C=O) groups is 1. The molecule has 1 saturated heterocycles. The largest absolute Gasteiger partial charge is 0.397 e. The van der Waals surface area contributed by atoms with Crippen molar-refractivity contribution in [3.63, 3.8) is 0 Å². The van der Waals surface area contributed by atoms with Crippen LogP contribution in [0.4, 0.5) is 0 Å². The molecule has 11 heteroatoms. The first-order valence-electron chi connectivity index (χ1n) is 6.45. The second-order valence-electron chi connectivity index (χ2n) is 3.76. The Bertz CT molecular complexity index is 509. The Kier molecular flexibility index (Phi) is 3.83. The van der Waals surface area contributed by atoms with Gasteiger partial charge in [-0.25, -0.2) is 4.18 Å². The molecule has 0 aromatic heterocycles. The summed E-state index contributed by atoms with van der Waals surface area (Å²) in [5.74, 6) is -1.49. The lowest BCUT2D eigenvalue weighted by Gasteiger charge is -2.40. The Labute approximate surface area is 113 Å².